The molecule has 4 heteroatoms. The zero-order valence-electron chi connectivity index (χ0n) is 6.72. The third-order valence-corrected chi connectivity index (χ3v) is 2.78. The summed E-state index contributed by atoms with van der Waals surface area (Å²) in [5.41, 5.74) is 1.27. The van der Waals surface area contributed by atoms with Crippen LogP contribution in [0.3, 0.4) is 0 Å². The zero-order chi connectivity index (χ0) is 8.39. The van der Waals surface area contributed by atoms with Crippen molar-refractivity contribution >= 4 is 22.6 Å². The molecule has 1 saturated heterocycles. The Morgan fingerprint density at radius 1 is 1.50 bits per heavy atom. The van der Waals surface area contributed by atoms with Crippen LogP contribution < -0.4 is 0 Å². The van der Waals surface area contributed by atoms with Crippen LogP contribution in [0.1, 0.15) is 24.5 Å². The van der Waals surface area contributed by atoms with Crippen LogP contribution in [0.2, 0.25) is 0 Å². The lowest BCUT2D eigenvalue weighted by Gasteiger charge is -2.20. The van der Waals surface area contributed by atoms with Gasteiger partial charge >= 0.3 is 0 Å². The molecule has 1 aromatic heterocycles. The maximum Gasteiger partial charge on any atom is 0.123 e. The van der Waals surface area contributed by atoms with Gasteiger partial charge in [-0.25, -0.2) is 0 Å². The second-order valence-corrected chi connectivity index (χ2v) is 4.14. The largest absolute Gasteiger partial charge is 0.381 e. The van der Waals surface area contributed by atoms with Crippen molar-refractivity contribution in [3.05, 3.63) is 15.5 Å². The van der Waals surface area contributed by atoms with Crippen molar-refractivity contribution in [1.82, 2.24) is 10.2 Å². The number of hydrogen-bond acceptors (Lipinski definition) is 2. The summed E-state index contributed by atoms with van der Waals surface area (Å²) in [6.45, 7) is 1.78. The third kappa shape index (κ3) is 1.80. The van der Waals surface area contributed by atoms with Gasteiger partial charge in [-0.15, -0.1) is 0 Å². The molecule has 2 rings (SSSR count). The number of rotatable bonds is 1. The molecule has 3 nitrogen and oxygen atoms in total. The Morgan fingerprint density at radius 3 is 2.83 bits per heavy atom. The van der Waals surface area contributed by atoms with E-state index in [4.69, 9.17) is 4.74 Å². The fraction of sp³-hybridized carbons (Fsp3) is 0.625. The van der Waals surface area contributed by atoms with Crippen molar-refractivity contribution in [2.24, 2.45) is 0 Å². The summed E-state index contributed by atoms with van der Waals surface area (Å²) >= 11 is 2.22. The Hall–Kier alpha value is -0.100. The standard InChI is InChI=1S/C8H11IN2O/c9-8-5-7(10-11-8)6-1-3-12-4-2-6/h5-6H,1-4H2,(H,10,11). The number of aromatic amines is 1. The van der Waals surface area contributed by atoms with Gasteiger partial charge in [0.05, 0.1) is 0 Å². The van der Waals surface area contributed by atoms with Crippen LogP contribution >= 0.6 is 22.6 Å². The van der Waals surface area contributed by atoms with E-state index in [-0.39, 0.29) is 0 Å². The minimum Gasteiger partial charge on any atom is -0.381 e. The average Bonchev–Trinajstić information content (AvgIpc) is 2.54. The first-order valence-corrected chi connectivity index (χ1v) is 5.22. The minimum absolute atomic E-state index is 0.634. The Bertz CT molecular complexity index is 255. The molecular weight excluding hydrogens is 267 g/mol. The number of ether oxygens (including phenoxy) is 1. The summed E-state index contributed by atoms with van der Waals surface area (Å²) < 4.78 is 6.34. The molecule has 1 N–H and O–H groups in total. The molecule has 1 fully saturated rings. The van der Waals surface area contributed by atoms with E-state index in [1.807, 2.05) is 0 Å². The molecule has 1 aliphatic heterocycles. The van der Waals surface area contributed by atoms with E-state index in [0.717, 1.165) is 29.8 Å². The molecule has 0 spiro atoms. The molecule has 0 radical (unpaired) electrons. The molecule has 2 heterocycles. The van der Waals surface area contributed by atoms with Gasteiger partial charge in [0.2, 0.25) is 0 Å². The third-order valence-electron chi connectivity index (χ3n) is 2.23. The number of aromatic nitrogens is 2. The Balaban J connectivity index is 2.08. The molecule has 1 aromatic rings. The lowest BCUT2D eigenvalue weighted by atomic mass is 9.97. The summed E-state index contributed by atoms with van der Waals surface area (Å²) in [6, 6.07) is 2.12. The summed E-state index contributed by atoms with van der Waals surface area (Å²) in [4.78, 5) is 0. The first-order valence-electron chi connectivity index (χ1n) is 4.15. The SMILES string of the molecule is Ic1cc(C2CCOCC2)[nH]n1. The molecule has 0 aromatic carbocycles. The second kappa shape index (κ2) is 3.74. The van der Waals surface area contributed by atoms with Crippen LogP contribution in [-0.4, -0.2) is 23.4 Å². The molecule has 66 valence electrons. The maximum absolute atomic E-state index is 5.29. The fourth-order valence-electron chi connectivity index (χ4n) is 1.53. The summed E-state index contributed by atoms with van der Waals surface area (Å²) in [5.74, 6) is 0.634. The van der Waals surface area contributed by atoms with E-state index in [2.05, 4.69) is 38.9 Å². The number of nitrogens with one attached hydrogen (secondary N) is 1. The van der Waals surface area contributed by atoms with E-state index in [9.17, 15) is 0 Å². The van der Waals surface area contributed by atoms with E-state index in [0.29, 0.717) is 5.92 Å². The minimum atomic E-state index is 0.634. The van der Waals surface area contributed by atoms with Crippen LogP contribution in [0, 0.1) is 3.70 Å². The van der Waals surface area contributed by atoms with E-state index < -0.39 is 0 Å². The maximum atomic E-state index is 5.29. The normalized spacial score (nSPS) is 19.8. The average molecular weight is 278 g/mol. The zero-order valence-corrected chi connectivity index (χ0v) is 8.87. The summed E-state index contributed by atoms with van der Waals surface area (Å²) in [5, 5.41) is 7.17. The fourth-order valence-corrected chi connectivity index (χ4v) is 1.98. The molecule has 0 atom stereocenters. The predicted molar refractivity (Wildman–Crippen MR) is 54.1 cm³/mol. The predicted octanol–water partition coefficient (Wildman–Crippen LogP) is 1.91. The highest BCUT2D eigenvalue weighted by molar-refractivity contribution is 14.1. The van der Waals surface area contributed by atoms with E-state index in [1.165, 1.54) is 5.69 Å². The smallest absolute Gasteiger partial charge is 0.123 e. The molecule has 0 aliphatic carbocycles. The second-order valence-electron chi connectivity index (χ2n) is 3.03. The topological polar surface area (TPSA) is 37.9 Å². The van der Waals surface area contributed by atoms with Gasteiger partial charge in [-0.05, 0) is 41.5 Å². The van der Waals surface area contributed by atoms with Crippen molar-refractivity contribution in [2.75, 3.05) is 13.2 Å². The van der Waals surface area contributed by atoms with Crippen molar-refractivity contribution < 1.29 is 4.74 Å². The van der Waals surface area contributed by atoms with Crippen LogP contribution in [0.15, 0.2) is 6.07 Å². The highest BCUT2D eigenvalue weighted by atomic mass is 127. The monoisotopic (exact) mass is 278 g/mol. The van der Waals surface area contributed by atoms with Crippen molar-refractivity contribution in [1.29, 1.82) is 0 Å². The van der Waals surface area contributed by atoms with Crippen LogP contribution in [-0.2, 0) is 4.74 Å². The van der Waals surface area contributed by atoms with Crippen LogP contribution in [0.5, 0.6) is 0 Å². The van der Waals surface area contributed by atoms with Gasteiger partial charge < -0.3 is 4.74 Å². The van der Waals surface area contributed by atoms with Crippen molar-refractivity contribution in [2.45, 2.75) is 18.8 Å². The number of halogens is 1. The molecule has 0 amide bonds. The summed E-state index contributed by atoms with van der Waals surface area (Å²) in [7, 11) is 0. The lowest BCUT2D eigenvalue weighted by Crippen LogP contribution is -2.14. The number of hydrogen-bond donors (Lipinski definition) is 1. The Kier molecular flexibility index (Phi) is 2.65. The van der Waals surface area contributed by atoms with Gasteiger partial charge in [-0.1, -0.05) is 0 Å². The molecule has 1 aliphatic rings. The van der Waals surface area contributed by atoms with Crippen LogP contribution in [0.4, 0.5) is 0 Å². The van der Waals surface area contributed by atoms with E-state index >= 15 is 0 Å². The van der Waals surface area contributed by atoms with Crippen LogP contribution in [0.25, 0.3) is 0 Å². The summed E-state index contributed by atoms with van der Waals surface area (Å²) in [6.07, 6.45) is 2.25. The van der Waals surface area contributed by atoms with Gasteiger partial charge in [-0.3, -0.25) is 5.10 Å². The first-order chi connectivity index (χ1) is 5.86. The van der Waals surface area contributed by atoms with E-state index in [1.54, 1.807) is 0 Å². The molecule has 12 heavy (non-hydrogen) atoms. The Morgan fingerprint density at radius 2 is 2.25 bits per heavy atom. The van der Waals surface area contributed by atoms with Crippen molar-refractivity contribution in [3.8, 4) is 0 Å². The quantitative estimate of drug-likeness (QED) is 0.797. The number of nitrogens with zero attached hydrogens (tertiary/aromatic N) is 1. The lowest BCUT2D eigenvalue weighted by molar-refractivity contribution is 0.0845. The van der Waals surface area contributed by atoms with Gasteiger partial charge in [0.15, 0.2) is 0 Å². The molecule has 0 saturated carbocycles. The van der Waals surface area contributed by atoms with Gasteiger partial charge in [0.1, 0.15) is 3.70 Å². The highest BCUT2D eigenvalue weighted by Gasteiger charge is 2.17. The van der Waals surface area contributed by atoms with Gasteiger partial charge in [0.25, 0.3) is 0 Å². The Labute approximate surface area is 85.0 Å². The van der Waals surface area contributed by atoms with Gasteiger partial charge in [0, 0.05) is 24.8 Å². The molecule has 0 bridgehead atoms. The molecular formula is C8H11IN2O. The molecule has 0 unspecified atom stereocenters. The first kappa shape index (κ1) is 8.50. The van der Waals surface area contributed by atoms with Crippen molar-refractivity contribution in [3.63, 3.8) is 0 Å². The number of H-pyrrole nitrogens is 1. The highest BCUT2D eigenvalue weighted by Crippen LogP contribution is 2.25. The van der Waals surface area contributed by atoms with Gasteiger partial charge in [-0.2, -0.15) is 5.10 Å².